The molecule has 108 valence electrons. The van der Waals surface area contributed by atoms with E-state index in [0.29, 0.717) is 25.8 Å². The van der Waals surface area contributed by atoms with Gasteiger partial charge in [-0.1, -0.05) is 0 Å². The summed E-state index contributed by atoms with van der Waals surface area (Å²) in [6.45, 7) is 1.94. The van der Waals surface area contributed by atoms with Crippen LogP contribution in [0, 0.1) is 0 Å². The summed E-state index contributed by atoms with van der Waals surface area (Å²) in [5.74, 6) is -0.0760. The molecule has 0 radical (unpaired) electrons. The van der Waals surface area contributed by atoms with Gasteiger partial charge in [0.15, 0.2) is 0 Å². The van der Waals surface area contributed by atoms with Gasteiger partial charge in [-0.25, -0.2) is 4.79 Å². The van der Waals surface area contributed by atoms with Gasteiger partial charge in [-0.3, -0.25) is 14.4 Å². The number of amides is 3. The van der Waals surface area contributed by atoms with Crippen LogP contribution in [0.2, 0.25) is 0 Å². The van der Waals surface area contributed by atoms with Crippen LogP contribution in [-0.2, 0) is 18.3 Å². The van der Waals surface area contributed by atoms with Crippen molar-refractivity contribution in [2.45, 2.75) is 24.8 Å². The number of nitrogens with one attached hydrogen (secondary N) is 2. The van der Waals surface area contributed by atoms with Gasteiger partial charge in [-0.2, -0.15) is 5.10 Å². The van der Waals surface area contributed by atoms with Gasteiger partial charge in [0.2, 0.25) is 0 Å². The summed E-state index contributed by atoms with van der Waals surface area (Å²) in [7, 11) is 1.85. The van der Waals surface area contributed by atoms with E-state index in [1.165, 1.54) is 4.90 Å². The number of hydrogen-bond donors (Lipinski definition) is 2. The van der Waals surface area contributed by atoms with Gasteiger partial charge in [0.05, 0.1) is 6.20 Å². The van der Waals surface area contributed by atoms with Crippen LogP contribution in [0.4, 0.5) is 4.79 Å². The molecule has 2 aliphatic rings. The average Bonchev–Trinajstić information content (AvgIpc) is 2.93. The maximum atomic E-state index is 12.5. The third-order valence-corrected chi connectivity index (χ3v) is 4.09. The fourth-order valence-electron chi connectivity index (χ4n) is 2.91. The minimum Gasteiger partial charge on any atom is -0.323 e. The molecule has 2 fully saturated rings. The van der Waals surface area contributed by atoms with E-state index in [1.54, 1.807) is 10.9 Å². The van der Waals surface area contributed by atoms with Crippen LogP contribution >= 0.6 is 0 Å². The van der Waals surface area contributed by atoms with Gasteiger partial charge in [0.1, 0.15) is 5.54 Å². The molecule has 3 heterocycles. The highest BCUT2D eigenvalue weighted by molar-refractivity contribution is 6.07. The number of aromatic nitrogens is 2. The Labute approximate surface area is 117 Å². The fraction of sp³-hybridized carbons (Fsp3) is 0.615. The van der Waals surface area contributed by atoms with E-state index >= 15 is 0 Å². The molecule has 0 aliphatic carbocycles. The highest BCUT2D eigenvalue weighted by atomic mass is 16.2. The summed E-state index contributed by atoms with van der Waals surface area (Å²) in [4.78, 5) is 25.9. The lowest BCUT2D eigenvalue weighted by Crippen LogP contribution is -2.53. The van der Waals surface area contributed by atoms with E-state index < -0.39 is 5.54 Å². The molecule has 0 aromatic carbocycles. The molecule has 1 aromatic rings. The number of aryl methyl sites for hydroxylation is 1. The van der Waals surface area contributed by atoms with Crippen molar-refractivity contribution < 1.29 is 9.59 Å². The monoisotopic (exact) mass is 277 g/mol. The number of piperidine rings is 1. The quantitative estimate of drug-likeness (QED) is 0.739. The minimum absolute atomic E-state index is 0.0760. The summed E-state index contributed by atoms with van der Waals surface area (Å²) in [5.41, 5.74) is 0.358. The SMILES string of the molecule is Cn1cc(CCN2C(=O)NC3(CCNCC3)C2=O)cn1. The minimum atomic E-state index is -0.669. The van der Waals surface area contributed by atoms with Gasteiger partial charge >= 0.3 is 6.03 Å². The Kier molecular flexibility index (Phi) is 3.21. The van der Waals surface area contributed by atoms with E-state index in [0.717, 1.165) is 18.7 Å². The molecule has 7 nitrogen and oxygen atoms in total. The van der Waals surface area contributed by atoms with Crippen molar-refractivity contribution >= 4 is 11.9 Å². The van der Waals surface area contributed by atoms with Crippen LogP contribution in [0.5, 0.6) is 0 Å². The van der Waals surface area contributed by atoms with Gasteiger partial charge in [-0.15, -0.1) is 0 Å². The molecule has 0 bridgehead atoms. The van der Waals surface area contributed by atoms with E-state index in [1.807, 2.05) is 13.2 Å². The molecular formula is C13H19N5O2. The molecule has 20 heavy (non-hydrogen) atoms. The fourth-order valence-corrected chi connectivity index (χ4v) is 2.91. The smallest absolute Gasteiger partial charge is 0.323 e. The lowest BCUT2D eigenvalue weighted by Gasteiger charge is -2.31. The molecule has 7 heteroatoms. The van der Waals surface area contributed by atoms with Crippen molar-refractivity contribution in [3.63, 3.8) is 0 Å². The maximum absolute atomic E-state index is 12.5. The van der Waals surface area contributed by atoms with E-state index in [2.05, 4.69) is 15.7 Å². The Balaban J connectivity index is 1.67. The number of carbonyl (C=O) groups is 2. The summed E-state index contributed by atoms with van der Waals surface area (Å²) < 4.78 is 1.72. The molecule has 3 amide bonds. The number of imide groups is 1. The van der Waals surface area contributed by atoms with Crippen molar-refractivity contribution in [1.29, 1.82) is 0 Å². The predicted octanol–water partition coefficient (Wildman–Crippen LogP) is -0.363. The molecule has 0 saturated carbocycles. The number of nitrogens with zero attached hydrogens (tertiary/aromatic N) is 3. The van der Waals surface area contributed by atoms with Gasteiger partial charge in [0.25, 0.3) is 5.91 Å². The third-order valence-electron chi connectivity index (χ3n) is 4.09. The van der Waals surface area contributed by atoms with Crippen LogP contribution in [0.15, 0.2) is 12.4 Å². The standard InChI is InChI=1S/C13H19N5O2/c1-17-9-10(8-15-17)2-7-18-11(19)13(16-12(18)20)3-5-14-6-4-13/h8-9,14H,2-7H2,1H3,(H,16,20). The topological polar surface area (TPSA) is 79.3 Å². The van der Waals surface area contributed by atoms with Crippen molar-refractivity contribution in [2.24, 2.45) is 7.05 Å². The lowest BCUT2D eigenvalue weighted by molar-refractivity contribution is -0.132. The van der Waals surface area contributed by atoms with Gasteiger partial charge < -0.3 is 10.6 Å². The molecule has 1 aromatic heterocycles. The Bertz CT molecular complexity index is 533. The molecule has 0 unspecified atom stereocenters. The van der Waals surface area contributed by atoms with Crippen molar-refractivity contribution in [3.05, 3.63) is 18.0 Å². The Morgan fingerprint density at radius 2 is 2.10 bits per heavy atom. The van der Waals surface area contributed by atoms with Crippen LogP contribution in [-0.4, -0.2) is 51.8 Å². The second-order valence-corrected chi connectivity index (χ2v) is 5.49. The molecular weight excluding hydrogens is 258 g/mol. The maximum Gasteiger partial charge on any atom is 0.325 e. The number of hydrogen-bond acceptors (Lipinski definition) is 4. The zero-order valence-electron chi connectivity index (χ0n) is 11.6. The first-order valence-corrected chi connectivity index (χ1v) is 6.93. The van der Waals surface area contributed by atoms with Crippen LogP contribution < -0.4 is 10.6 Å². The van der Waals surface area contributed by atoms with Crippen LogP contribution in [0.3, 0.4) is 0 Å². The van der Waals surface area contributed by atoms with Crippen LogP contribution in [0.25, 0.3) is 0 Å². The second kappa shape index (κ2) is 4.90. The Hall–Kier alpha value is -1.89. The van der Waals surface area contributed by atoms with Gasteiger partial charge in [-0.05, 0) is 37.9 Å². The molecule has 0 atom stereocenters. The van der Waals surface area contributed by atoms with Crippen LogP contribution in [0.1, 0.15) is 18.4 Å². The van der Waals surface area contributed by atoms with Gasteiger partial charge in [0, 0.05) is 19.8 Å². The number of carbonyl (C=O) groups excluding carboxylic acids is 2. The first kappa shape index (κ1) is 13.1. The first-order chi connectivity index (χ1) is 9.61. The van der Waals surface area contributed by atoms with Crippen molar-refractivity contribution in [3.8, 4) is 0 Å². The molecule has 2 N–H and O–H groups in total. The Morgan fingerprint density at radius 1 is 1.35 bits per heavy atom. The predicted molar refractivity (Wildman–Crippen MR) is 72.0 cm³/mol. The summed E-state index contributed by atoms with van der Waals surface area (Å²) >= 11 is 0. The van der Waals surface area contributed by atoms with E-state index in [4.69, 9.17) is 0 Å². The molecule has 3 rings (SSSR count). The van der Waals surface area contributed by atoms with Crippen molar-refractivity contribution in [1.82, 2.24) is 25.3 Å². The molecule has 2 saturated heterocycles. The largest absolute Gasteiger partial charge is 0.325 e. The lowest BCUT2D eigenvalue weighted by atomic mass is 9.88. The normalized spacial score (nSPS) is 21.6. The average molecular weight is 277 g/mol. The molecule has 1 spiro atoms. The summed E-state index contributed by atoms with van der Waals surface area (Å²) in [6.07, 6.45) is 5.64. The third kappa shape index (κ3) is 2.18. The first-order valence-electron chi connectivity index (χ1n) is 6.93. The van der Waals surface area contributed by atoms with E-state index in [-0.39, 0.29) is 11.9 Å². The van der Waals surface area contributed by atoms with Crippen molar-refractivity contribution in [2.75, 3.05) is 19.6 Å². The highest BCUT2D eigenvalue weighted by Crippen LogP contribution is 2.26. The second-order valence-electron chi connectivity index (χ2n) is 5.49. The van der Waals surface area contributed by atoms with E-state index in [9.17, 15) is 9.59 Å². The number of rotatable bonds is 3. The summed E-state index contributed by atoms with van der Waals surface area (Å²) in [6, 6.07) is -0.263. The Morgan fingerprint density at radius 3 is 2.75 bits per heavy atom. The zero-order valence-corrected chi connectivity index (χ0v) is 11.6. The number of urea groups is 1. The molecule has 2 aliphatic heterocycles. The highest BCUT2D eigenvalue weighted by Gasteiger charge is 2.50. The summed E-state index contributed by atoms with van der Waals surface area (Å²) in [5, 5.41) is 10.2. The zero-order chi connectivity index (χ0) is 14.2.